The lowest BCUT2D eigenvalue weighted by Crippen LogP contribution is -2.29. The zero-order valence-electron chi connectivity index (χ0n) is 14.2. The van der Waals surface area contributed by atoms with Gasteiger partial charge in [-0.3, -0.25) is 9.63 Å². The van der Waals surface area contributed by atoms with Crippen LogP contribution in [0.1, 0.15) is 29.8 Å². The molecule has 130 valence electrons. The van der Waals surface area contributed by atoms with Crippen molar-refractivity contribution in [3.8, 4) is 17.4 Å². The van der Waals surface area contributed by atoms with Gasteiger partial charge in [-0.1, -0.05) is 18.2 Å². The molecule has 1 heterocycles. The molecule has 0 unspecified atom stereocenters. The van der Waals surface area contributed by atoms with Gasteiger partial charge in [0, 0.05) is 18.8 Å². The summed E-state index contributed by atoms with van der Waals surface area (Å²) in [6.07, 6.45) is 1.34. The Labute approximate surface area is 140 Å². The quantitative estimate of drug-likeness (QED) is 0.793. The Morgan fingerprint density at radius 1 is 1.29 bits per heavy atom. The van der Waals surface area contributed by atoms with Crippen molar-refractivity contribution in [3.05, 3.63) is 41.6 Å². The minimum absolute atomic E-state index is 0.00652. The fraction of sp³-hybridized carbons (Fsp3) is 0.353. The summed E-state index contributed by atoms with van der Waals surface area (Å²) < 4.78 is 6.99. The average molecular weight is 334 g/mol. The zero-order valence-corrected chi connectivity index (χ0v) is 14.2. The predicted molar refractivity (Wildman–Crippen MR) is 87.8 cm³/mol. The van der Waals surface area contributed by atoms with E-state index in [0.29, 0.717) is 5.75 Å². The maximum absolute atomic E-state index is 12.6. The molecule has 2 N–H and O–H groups in total. The van der Waals surface area contributed by atoms with E-state index in [-0.39, 0.29) is 24.1 Å². The van der Waals surface area contributed by atoms with E-state index in [1.807, 2.05) is 38.1 Å². The van der Waals surface area contributed by atoms with E-state index in [9.17, 15) is 15.0 Å². The third-order valence-electron chi connectivity index (χ3n) is 3.45. The lowest BCUT2D eigenvalue weighted by atomic mass is 10.2. The third kappa shape index (κ3) is 3.62. The minimum Gasteiger partial charge on any atom is -0.503 e. The van der Waals surface area contributed by atoms with Crippen molar-refractivity contribution < 1.29 is 24.6 Å². The molecule has 0 radical (unpaired) electrons. The number of rotatable bonds is 6. The summed E-state index contributed by atoms with van der Waals surface area (Å²) in [5, 5.41) is 20.6. The first kappa shape index (κ1) is 17.7. The Morgan fingerprint density at radius 2 is 1.96 bits per heavy atom. The van der Waals surface area contributed by atoms with Gasteiger partial charge in [-0.25, -0.2) is 5.06 Å². The van der Waals surface area contributed by atoms with Gasteiger partial charge < -0.3 is 19.5 Å². The van der Waals surface area contributed by atoms with Crippen LogP contribution in [0.15, 0.2) is 30.5 Å². The molecular weight excluding hydrogens is 312 g/mol. The Hall–Kier alpha value is -2.67. The van der Waals surface area contributed by atoms with Gasteiger partial charge in [0.25, 0.3) is 5.91 Å². The van der Waals surface area contributed by atoms with Crippen LogP contribution in [0.25, 0.3) is 0 Å². The van der Waals surface area contributed by atoms with Crippen LogP contribution in [-0.4, -0.2) is 39.0 Å². The highest BCUT2D eigenvalue weighted by Crippen LogP contribution is 2.31. The number of ether oxygens (including phenoxy) is 1. The van der Waals surface area contributed by atoms with Crippen molar-refractivity contribution in [2.75, 3.05) is 7.11 Å². The molecule has 0 aliphatic heterocycles. The van der Waals surface area contributed by atoms with Crippen LogP contribution < -0.4 is 4.74 Å². The van der Waals surface area contributed by atoms with Crippen molar-refractivity contribution in [2.24, 2.45) is 7.05 Å². The van der Waals surface area contributed by atoms with E-state index < -0.39 is 11.7 Å². The van der Waals surface area contributed by atoms with E-state index >= 15 is 0 Å². The summed E-state index contributed by atoms with van der Waals surface area (Å²) in [6, 6.07) is 7.34. The molecule has 0 saturated heterocycles. The number of carbonyl (C=O) groups is 1. The van der Waals surface area contributed by atoms with E-state index in [1.165, 1.54) is 24.9 Å². The first-order valence-electron chi connectivity index (χ1n) is 7.53. The molecule has 2 rings (SSSR count). The predicted octanol–water partition coefficient (Wildman–Crippen LogP) is 2.43. The zero-order chi connectivity index (χ0) is 17.9. The topological polar surface area (TPSA) is 84.2 Å². The number of hydroxylamine groups is 2. The molecule has 0 fully saturated rings. The monoisotopic (exact) mass is 334 g/mol. The number of nitrogens with zero attached hydrogens (tertiary/aromatic N) is 2. The standard InChI is InChI=1S/C17H22N2O5/c1-11(2)24-14-8-6-5-7-12(14)9-19(23-4)16(21)13-10-18(3)17(22)15(13)20/h5-8,10-11,20,22H,9H2,1-4H3. The summed E-state index contributed by atoms with van der Waals surface area (Å²) in [5.41, 5.74) is 0.722. The smallest absolute Gasteiger partial charge is 0.283 e. The summed E-state index contributed by atoms with van der Waals surface area (Å²) in [7, 11) is 2.89. The van der Waals surface area contributed by atoms with Crippen LogP contribution in [0.4, 0.5) is 0 Å². The summed E-state index contributed by atoms with van der Waals surface area (Å²) in [5.74, 6) is -0.762. The van der Waals surface area contributed by atoms with Crippen molar-refractivity contribution in [1.29, 1.82) is 0 Å². The number of hydrogen-bond acceptors (Lipinski definition) is 5. The van der Waals surface area contributed by atoms with Crippen LogP contribution in [0.2, 0.25) is 0 Å². The molecule has 0 atom stereocenters. The molecule has 2 aromatic rings. The van der Waals surface area contributed by atoms with Gasteiger partial charge >= 0.3 is 0 Å². The molecule has 0 spiro atoms. The average Bonchev–Trinajstić information content (AvgIpc) is 2.80. The van der Waals surface area contributed by atoms with Crippen LogP contribution in [0.5, 0.6) is 17.4 Å². The highest BCUT2D eigenvalue weighted by molar-refractivity contribution is 5.97. The lowest BCUT2D eigenvalue weighted by molar-refractivity contribution is -0.102. The van der Waals surface area contributed by atoms with Gasteiger partial charge in [-0.15, -0.1) is 0 Å². The van der Waals surface area contributed by atoms with Crippen LogP contribution in [0, 0.1) is 0 Å². The van der Waals surface area contributed by atoms with Crippen LogP contribution in [0.3, 0.4) is 0 Å². The maximum Gasteiger partial charge on any atom is 0.283 e. The molecular formula is C17H22N2O5. The summed E-state index contributed by atoms with van der Waals surface area (Å²) >= 11 is 0. The second-order valence-electron chi connectivity index (χ2n) is 5.62. The van der Waals surface area contributed by atoms with E-state index in [4.69, 9.17) is 9.57 Å². The van der Waals surface area contributed by atoms with Gasteiger partial charge in [-0.05, 0) is 19.9 Å². The number of para-hydroxylation sites is 1. The first-order valence-corrected chi connectivity index (χ1v) is 7.53. The van der Waals surface area contributed by atoms with Crippen molar-refractivity contribution in [3.63, 3.8) is 0 Å². The van der Waals surface area contributed by atoms with Crippen molar-refractivity contribution >= 4 is 5.91 Å². The van der Waals surface area contributed by atoms with Gasteiger partial charge in [0.05, 0.1) is 19.8 Å². The Kier molecular flexibility index (Phi) is 5.35. The number of aromatic nitrogens is 1. The lowest BCUT2D eigenvalue weighted by Gasteiger charge is -2.21. The highest BCUT2D eigenvalue weighted by atomic mass is 16.7. The molecule has 1 aromatic carbocycles. The Bertz CT molecular complexity index is 724. The number of carbonyl (C=O) groups excluding carboxylic acids is 1. The largest absolute Gasteiger partial charge is 0.503 e. The Morgan fingerprint density at radius 3 is 2.50 bits per heavy atom. The number of benzene rings is 1. The fourth-order valence-electron chi connectivity index (χ4n) is 2.27. The first-order chi connectivity index (χ1) is 11.3. The molecule has 0 bridgehead atoms. The normalized spacial score (nSPS) is 10.9. The Balaban J connectivity index is 2.26. The van der Waals surface area contributed by atoms with Crippen molar-refractivity contribution in [1.82, 2.24) is 9.63 Å². The van der Waals surface area contributed by atoms with Gasteiger partial charge in [0.15, 0.2) is 5.75 Å². The molecule has 1 aromatic heterocycles. The number of amides is 1. The molecule has 0 aliphatic carbocycles. The van der Waals surface area contributed by atoms with Crippen LogP contribution in [-0.2, 0) is 18.4 Å². The second kappa shape index (κ2) is 7.27. The molecule has 0 saturated carbocycles. The second-order valence-corrected chi connectivity index (χ2v) is 5.62. The van der Waals surface area contributed by atoms with Gasteiger partial charge in [0.2, 0.25) is 5.88 Å². The number of hydrogen-bond donors (Lipinski definition) is 2. The molecule has 24 heavy (non-hydrogen) atoms. The SMILES string of the molecule is CON(Cc1ccccc1OC(C)C)C(=O)c1cn(C)c(O)c1O. The van der Waals surface area contributed by atoms with E-state index in [2.05, 4.69) is 0 Å². The molecule has 7 heteroatoms. The molecule has 7 nitrogen and oxygen atoms in total. The third-order valence-corrected chi connectivity index (χ3v) is 3.45. The van der Waals surface area contributed by atoms with Gasteiger partial charge in [-0.2, -0.15) is 0 Å². The molecule has 1 amide bonds. The number of aromatic hydroxyl groups is 2. The summed E-state index contributed by atoms with van der Waals surface area (Å²) in [4.78, 5) is 17.7. The van der Waals surface area contributed by atoms with Crippen LogP contribution >= 0.6 is 0 Å². The highest BCUT2D eigenvalue weighted by Gasteiger charge is 2.25. The van der Waals surface area contributed by atoms with Gasteiger partial charge in [0.1, 0.15) is 11.3 Å². The fourth-order valence-corrected chi connectivity index (χ4v) is 2.27. The maximum atomic E-state index is 12.6. The summed E-state index contributed by atoms with van der Waals surface area (Å²) in [6.45, 7) is 3.97. The van der Waals surface area contributed by atoms with E-state index in [1.54, 1.807) is 0 Å². The minimum atomic E-state index is -0.565. The van der Waals surface area contributed by atoms with Crippen molar-refractivity contribution in [2.45, 2.75) is 26.5 Å². The van der Waals surface area contributed by atoms with E-state index in [0.717, 1.165) is 10.6 Å². The molecule has 0 aliphatic rings. The number of aryl methyl sites for hydroxylation is 1.